The molecule has 0 fully saturated rings. The Morgan fingerprint density at radius 1 is 0.889 bits per heavy atom. The first-order valence-electron chi connectivity index (χ1n) is 6.64. The van der Waals surface area contributed by atoms with Gasteiger partial charge in [0.2, 0.25) is 0 Å². The van der Waals surface area contributed by atoms with Crippen molar-refractivity contribution in [1.82, 2.24) is 0 Å². The zero-order valence-corrected chi connectivity index (χ0v) is 15.3. The smallest absolute Gasteiger partial charge is 0.0921 e. The monoisotopic (exact) mass is 293 g/mol. The van der Waals surface area contributed by atoms with E-state index in [2.05, 4.69) is 69.6 Å². The predicted molar refractivity (Wildman–Crippen MR) is 90.4 cm³/mol. The summed E-state index contributed by atoms with van der Waals surface area (Å²) in [6, 6.07) is 10.8. The molecule has 1 nitrogen and oxygen atoms in total. The van der Waals surface area contributed by atoms with Crippen LogP contribution in [0, 0.1) is 0 Å². The van der Waals surface area contributed by atoms with Crippen LogP contribution in [-0.2, 0) is 0 Å². The van der Waals surface area contributed by atoms with Gasteiger partial charge in [-0.3, -0.25) is 4.76 Å². The largest absolute Gasteiger partial charge is 0.253 e. The molecule has 98 valence electrons. The van der Waals surface area contributed by atoms with E-state index >= 15 is 0 Å². The molecule has 0 N–H and O–H groups in total. The molecule has 1 aromatic rings. The summed E-state index contributed by atoms with van der Waals surface area (Å²) in [4.78, 5) is 0.926. The van der Waals surface area contributed by atoms with Crippen molar-refractivity contribution in [2.24, 2.45) is 4.76 Å². The number of hydrogen-bond acceptors (Lipinski definition) is 1. The van der Waals surface area contributed by atoms with Crippen molar-refractivity contribution in [1.29, 1.82) is 0 Å². The van der Waals surface area contributed by atoms with E-state index in [1.54, 1.807) is 0 Å². The topological polar surface area (TPSA) is 12.4 Å². The minimum absolute atomic E-state index is 0.165. The quantitative estimate of drug-likeness (QED) is 0.549. The number of benzene rings is 1. The zero-order chi connectivity index (χ0) is 13.6. The standard InChI is InChI=1S/C14H24NPSi2/c1-17(2,3)14(18(4,5)6)16-13(15-16)12-10-8-7-9-11-12/h7-11,14H,1-6H3. The highest BCUT2D eigenvalue weighted by atomic mass is 31.1. The number of rotatable bonds is 4. The molecule has 0 spiro atoms. The Morgan fingerprint density at radius 3 is 1.83 bits per heavy atom. The Morgan fingerprint density at radius 2 is 1.39 bits per heavy atom. The lowest BCUT2D eigenvalue weighted by Gasteiger charge is -2.37. The number of hydrogen-bond donors (Lipinski definition) is 0. The molecule has 0 saturated carbocycles. The molecule has 1 aliphatic rings. The van der Waals surface area contributed by atoms with Crippen LogP contribution in [0.25, 0.3) is 0 Å². The van der Waals surface area contributed by atoms with E-state index in [9.17, 15) is 0 Å². The lowest BCUT2D eigenvalue weighted by Crippen LogP contribution is -2.51. The van der Waals surface area contributed by atoms with Crippen LogP contribution in [0.2, 0.25) is 39.3 Å². The highest BCUT2D eigenvalue weighted by Gasteiger charge is 2.49. The van der Waals surface area contributed by atoms with Crippen LogP contribution < -0.4 is 0 Å². The summed E-state index contributed by atoms with van der Waals surface area (Å²) in [5.74, 6) is 0. The lowest BCUT2D eigenvalue weighted by molar-refractivity contribution is 1.45. The highest BCUT2D eigenvalue weighted by molar-refractivity contribution is 7.87. The summed E-state index contributed by atoms with van der Waals surface area (Å²) in [6.07, 6.45) is 0. The van der Waals surface area contributed by atoms with Gasteiger partial charge in [0.1, 0.15) is 0 Å². The van der Waals surface area contributed by atoms with Crippen LogP contribution in [0.3, 0.4) is 0 Å². The van der Waals surface area contributed by atoms with Gasteiger partial charge >= 0.3 is 0 Å². The lowest BCUT2D eigenvalue weighted by atomic mass is 10.2. The van der Waals surface area contributed by atoms with Crippen LogP contribution in [0.5, 0.6) is 0 Å². The van der Waals surface area contributed by atoms with Crippen molar-refractivity contribution in [2.45, 2.75) is 44.2 Å². The molecule has 1 unspecified atom stereocenters. The summed E-state index contributed by atoms with van der Waals surface area (Å²) in [5.41, 5.74) is 2.80. The highest BCUT2D eigenvalue weighted by Crippen LogP contribution is 2.63. The van der Waals surface area contributed by atoms with Crippen molar-refractivity contribution in [2.75, 3.05) is 0 Å². The molecule has 1 heterocycles. The minimum atomic E-state index is -1.12. The molecule has 0 radical (unpaired) electrons. The first-order chi connectivity index (χ1) is 8.21. The first kappa shape index (κ1) is 14.2. The third kappa shape index (κ3) is 3.01. The molecular formula is C14H24NPSi2. The normalized spacial score (nSPS) is 19.9. The van der Waals surface area contributed by atoms with Crippen LogP contribution in [-0.4, -0.2) is 26.5 Å². The second kappa shape index (κ2) is 4.70. The number of nitrogens with zero attached hydrogens (tertiary/aromatic N) is 1. The summed E-state index contributed by atoms with van der Waals surface area (Å²) in [7, 11) is -2.41. The summed E-state index contributed by atoms with van der Waals surface area (Å²) in [6.45, 7) is 15.1. The second-order valence-corrected chi connectivity index (χ2v) is 21.3. The maximum Gasteiger partial charge on any atom is 0.0921 e. The molecule has 0 aliphatic carbocycles. The van der Waals surface area contributed by atoms with Crippen molar-refractivity contribution in [3.63, 3.8) is 0 Å². The summed E-state index contributed by atoms with van der Waals surface area (Å²) < 4.78 is 4.91. The van der Waals surface area contributed by atoms with E-state index in [1.807, 2.05) is 0 Å². The Bertz CT molecular complexity index is 443. The van der Waals surface area contributed by atoms with Crippen LogP contribution >= 0.6 is 8.07 Å². The average molecular weight is 293 g/mol. The van der Waals surface area contributed by atoms with Gasteiger partial charge in [-0.25, -0.2) is 0 Å². The molecule has 0 bridgehead atoms. The molecule has 0 aromatic heterocycles. The fourth-order valence-electron chi connectivity index (χ4n) is 3.07. The van der Waals surface area contributed by atoms with E-state index in [4.69, 9.17) is 4.76 Å². The molecule has 1 aliphatic heterocycles. The second-order valence-electron chi connectivity index (χ2n) is 7.27. The zero-order valence-electron chi connectivity index (χ0n) is 12.4. The van der Waals surface area contributed by atoms with E-state index < -0.39 is 16.1 Å². The van der Waals surface area contributed by atoms with Gasteiger partial charge in [-0.05, 0) is 4.91 Å². The van der Waals surface area contributed by atoms with Gasteiger partial charge < -0.3 is 0 Å². The van der Waals surface area contributed by atoms with Gasteiger partial charge in [-0.1, -0.05) is 69.6 Å². The van der Waals surface area contributed by atoms with Crippen molar-refractivity contribution < 1.29 is 0 Å². The molecule has 4 heteroatoms. The van der Waals surface area contributed by atoms with E-state index in [1.165, 1.54) is 11.0 Å². The van der Waals surface area contributed by atoms with Crippen molar-refractivity contribution in [3.8, 4) is 0 Å². The van der Waals surface area contributed by atoms with Gasteiger partial charge in [0, 0.05) is 5.56 Å². The SMILES string of the molecule is C[Si](C)(C)C(P1N=C1c1ccccc1)[Si](C)(C)C. The molecule has 0 amide bonds. The molecule has 18 heavy (non-hydrogen) atoms. The maximum absolute atomic E-state index is 4.91. The Hall–Kier alpha value is -0.246. The summed E-state index contributed by atoms with van der Waals surface area (Å²) in [5, 5.41) is 0. The van der Waals surface area contributed by atoms with Crippen molar-refractivity contribution >= 4 is 29.7 Å². The van der Waals surface area contributed by atoms with Crippen LogP contribution in [0.1, 0.15) is 5.56 Å². The molecule has 2 rings (SSSR count). The molecule has 1 atom stereocenters. The average Bonchev–Trinajstić information content (AvgIpc) is 2.94. The Labute approximate surface area is 115 Å². The molecule has 0 saturated heterocycles. The van der Waals surface area contributed by atoms with Gasteiger partial charge in [-0.15, -0.1) is 0 Å². The fourth-order valence-corrected chi connectivity index (χ4v) is 21.6. The predicted octanol–water partition coefficient (Wildman–Crippen LogP) is 4.97. The van der Waals surface area contributed by atoms with Gasteiger partial charge in [0.15, 0.2) is 0 Å². The third-order valence-corrected chi connectivity index (χ3v) is 19.4. The Kier molecular flexibility index (Phi) is 3.70. The van der Waals surface area contributed by atoms with Crippen LogP contribution in [0.4, 0.5) is 0 Å². The van der Waals surface area contributed by atoms with Gasteiger partial charge in [0.25, 0.3) is 0 Å². The minimum Gasteiger partial charge on any atom is -0.253 e. The first-order valence-corrected chi connectivity index (χ1v) is 15.2. The fraction of sp³-hybridized carbons (Fsp3) is 0.500. The van der Waals surface area contributed by atoms with E-state index in [0.717, 1.165) is 4.91 Å². The third-order valence-electron chi connectivity index (χ3n) is 3.30. The van der Waals surface area contributed by atoms with Gasteiger partial charge in [0.05, 0.1) is 29.7 Å². The van der Waals surface area contributed by atoms with Crippen molar-refractivity contribution in [3.05, 3.63) is 35.9 Å². The molecule has 1 aromatic carbocycles. The van der Waals surface area contributed by atoms with Crippen LogP contribution in [0.15, 0.2) is 35.1 Å². The maximum atomic E-state index is 4.91. The molecular weight excluding hydrogens is 269 g/mol. The summed E-state index contributed by atoms with van der Waals surface area (Å²) >= 11 is 0. The van der Waals surface area contributed by atoms with E-state index in [0.29, 0.717) is 0 Å². The van der Waals surface area contributed by atoms with Gasteiger partial charge in [-0.2, -0.15) is 0 Å². The Balaban J connectivity index is 2.19. The van der Waals surface area contributed by atoms with E-state index in [-0.39, 0.29) is 8.07 Å².